The number of aryl methyl sites for hydroxylation is 1. The third-order valence-corrected chi connectivity index (χ3v) is 5.66. The Labute approximate surface area is 186 Å². The molecule has 1 aliphatic heterocycles. The van der Waals surface area contributed by atoms with E-state index in [4.69, 9.17) is 14.2 Å². The van der Waals surface area contributed by atoms with Crippen molar-refractivity contribution in [3.63, 3.8) is 0 Å². The Hall–Kier alpha value is -3.81. The van der Waals surface area contributed by atoms with E-state index in [-0.39, 0.29) is 6.42 Å². The molecule has 2 aromatic carbocycles. The molecule has 1 aliphatic rings. The summed E-state index contributed by atoms with van der Waals surface area (Å²) in [7, 11) is 4.97. The maximum Gasteiger partial charge on any atom is 0.339 e. The van der Waals surface area contributed by atoms with E-state index < -0.39 is 23.5 Å². The third-order valence-electron chi connectivity index (χ3n) is 5.66. The minimum Gasteiger partial charge on any atom is -0.497 e. The summed E-state index contributed by atoms with van der Waals surface area (Å²) in [6.07, 6.45) is 3.73. The first-order valence-corrected chi connectivity index (χ1v) is 10.2. The van der Waals surface area contributed by atoms with Crippen LogP contribution in [0, 0.1) is 0 Å². The van der Waals surface area contributed by atoms with Crippen LogP contribution in [0.15, 0.2) is 54.9 Å². The van der Waals surface area contributed by atoms with Gasteiger partial charge in [-0.15, -0.1) is 0 Å². The summed E-state index contributed by atoms with van der Waals surface area (Å²) in [6, 6.07) is 11.9. The molecule has 1 N–H and O–H groups in total. The molecule has 8 nitrogen and oxygen atoms in total. The highest BCUT2D eigenvalue weighted by Crippen LogP contribution is 2.32. The quantitative estimate of drug-likeness (QED) is 0.599. The molecule has 166 valence electrons. The number of cyclic esters (lactones) is 1. The third kappa shape index (κ3) is 3.91. The van der Waals surface area contributed by atoms with Crippen molar-refractivity contribution in [3.05, 3.63) is 77.4 Å². The van der Waals surface area contributed by atoms with Crippen LogP contribution in [0.2, 0.25) is 0 Å². The van der Waals surface area contributed by atoms with E-state index in [0.717, 1.165) is 11.1 Å². The Morgan fingerprint density at radius 3 is 2.50 bits per heavy atom. The van der Waals surface area contributed by atoms with Crippen LogP contribution in [0.25, 0.3) is 0 Å². The number of ether oxygens (including phenoxy) is 3. The molecule has 2 atom stereocenters. The molecule has 0 radical (unpaired) electrons. The van der Waals surface area contributed by atoms with Gasteiger partial charge in [-0.05, 0) is 36.2 Å². The molecule has 1 aromatic heterocycles. The van der Waals surface area contributed by atoms with Crippen LogP contribution in [0.3, 0.4) is 0 Å². The highest BCUT2D eigenvalue weighted by Gasteiger charge is 2.43. The van der Waals surface area contributed by atoms with Crippen LogP contribution in [0.1, 0.15) is 40.3 Å². The number of rotatable bonds is 6. The molecular formula is C24H25N3O5. The summed E-state index contributed by atoms with van der Waals surface area (Å²) >= 11 is 0. The lowest BCUT2D eigenvalue weighted by Gasteiger charge is -2.34. The summed E-state index contributed by atoms with van der Waals surface area (Å²) in [5.74, 6) is 0.838. The van der Waals surface area contributed by atoms with Crippen LogP contribution in [-0.4, -0.2) is 41.2 Å². The number of nitrogens with zero attached hydrogens (tertiary/aromatic N) is 2. The Morgan fingerprint density at radius 2 is 1.88 bits per heavy atom. The number of amides is 1. The first-order chi connectivity index (χ1) is 15.3. The van der Waals surface area contributed by atoms with Gasteiger partial charge in [0, 0.05) is 31.9 Å². The molecule has 4 rings (SSSR count). The number of imidazole rings is 1. The average Bonchev–Trinajstić information content (AvgIpc) is 3.22. The predicted octanol–water partition coefficient (Wildman–Crippen LogP) is 2.81. The highest BCUT2D eigenvalue weighted by molar-refractivity contribution is 5.97. The number of aromatic nitrogens is 2. The fourth-order valence-electron chi connectivity index (χ4n) is 3.89. The molecule has 0 fully saturated rings. The molecule has 2 unspecified atom stereocenters. The lowest BCUT2D eigenvalue weighted by Crippen LogP contribution is -2.52. The summed E-state index contributed by atoms with van der Waals surface area (Å²) in [5, 5.41) is 3.03. The van der Waals surface area contributed by atoms with Gasteiger partial charge in [-0.1, -0.05) is 18.2 Å². The second kappa shape index (κ2) is 8.37. The number of hydrogen-bond acceptors (Lipinski definition) is 6. The normalized spacial score (nSPS) is 18.3. The number of carbonyl (C=O) groups excluding carboxylic acids is 2. The zero-order chi connectivity index (χ0) is 22.9. The van der Waals surface area contributed by atoms with E-state index >= 15 is 0 Å². The molecule has 0 aliphatic carbocycles. The largest absolute Gasteiger partial charge is 0.497 e. The minimum atomic E-state index is -1.36. The van der Waals surface area contributed by atoms with Crippen molar-refractivity contribution in [1.29, 1.82) is 0 Å². The Morgan fingerprint density at radius 1 is 1.19 bits per heavy atom. The maximum atomic E-state index is 13.5. The van der Waals surface area contributed by atoms with Crippen molar-refractivity contribution in [2.45, 2.75) is 25.0 Å². The standard InChI is InChI=1S/C24H25N3O5/c1-24(14-15-7-5-6-8-19(15)22(28)32-24)23(29)26-20(21-25-9-10-27(21)2)16-11-17(30-3)13-18(12-16)31-4/h5-13,20H,14H2,1-4H3,(H,26,29). The topological polar surface area (TPSA) is 91.7 Å². The Balaban J connectivity index is 1.71. The summed E-state index contributed by atoms with van der Waals surface area (Å²) in [4.78, 5) is 30.5. The lowest BCUT2D eigenvalue weighted by atomic mass is 9.89. The number of hydrogen-bond donors (Lipinski definition) is 1. The minimum absolute atomic E-state index is 0.273. The monoisotopic (exact) mass is 435 g/mol. The number of benzene rings is 2. The van der Waals surface area contributed by atoms with Gasteiger partial charge >= 0.3 is 5.97 Å². The fourth-order valence-corrected chi connectivity index (χ4v) is 3.89. The van der Waals surface area contributed by atoms with E-state index in [1.807, 2.05) is 35.9 Å². The molecule has 1 amide bonds. The fraction of sp³-hybridized carbons (Fsp3) is 0.292. The van der Waals surface area contributed by atoms with Gasteiger partial charge in [-0.3, -0.25) is 4.79 Å². The number of methoxy groups -OCH3 is 2. The number of nitrogens with one attached hydrogen (secondary N) is 1. The van der Waals surface area contributed by atoms with Crippen molar-refractivity contribution >= 4 is 11.9 Å². The number of fused-ring (bicyclic) bond motifs is 1. The van der Waals surface area contributed by atoms with Gasteiger partial charge in [0.15, 0.2) is 5.60 Å². The van der Waals surface area contributed by atoms with Crippen molar-refractivity contribution in [3.8, 4) is 11.5 Å². The van der Waals surface area contributed by atoms with Gasteiger partial charge in [-0.25, -0.2) is 9.78 Å². The van der Waals surface area contributed by atoms with E-state index in [9.17, 15) is 9.59 Å². The van der Waals surface area contributed by atoms with Crippen LogP contribution < -0.4 is 14.8 Å². The molecule has 2 heterocycles. The maximum absolute atomic E-state index is 13.5. The van der Waals surface area contributed by atoms with E-state index in [2.05, 4.69) is 10.3 Å². The van der Waals surface area contributed by atoms with Gasteiger partial charge in [-0.2, -0.15) is 0 Å². The van der Waals surface area contributed by atoms with E-state index in [0.29, 0.717) is 22.9 Å². The van der Waals surface area contributed by atoms with Gasteiger partial charge in [0.25, 0.3) is 5.91 Å². The Bertz CT molecular complexity index is 1150. The second-order valence-electron chi connectivity index (χ2n) is 7.90. The predicted molar refractivity (Wildman–Crippen MR) is 117 cm³/mol. The van der Waals surface area contributed by atoms with Crippen LogP contribution in [0.4, 0.5) is 0 Å². The SMILES string of the molecule is COc1cc(OC)cc(C(NC(=O)C2(C)Cc3ccccc3C(=O)O2)c2nccn2C)c1. The molecule has 0 saturated carbocycles. The van der Waals surface area contributed by atoms with Gasteiger partial charge in [0.2, 0.25) is 0 Å². The van der Waals surface area contributed by atoms with E-state index in [1.165, 1.54) is 0 Å². The summed E-state index contributed by atoms with van der Waals surface area (Å²) in [5.41, 5.74) is 0.613. The molecule has 0 spiro atoms. The van der Waals surface area contributed by atoms with Crippen molar-refractivity contribution < 1.29 is 23.8 Å². The molecule has 0 bridgehead atoms. The zero-order valence-electron chi connectivity index (χ0n) is 18.4. The number of carbonyl (C=O) groups is 2. The Kier molecular flexibility index (Phi) is 5.61. The van der Waals surface area contributed by atoms with Crippen molar-refractivity contribution in [1.82, 2.24) is 14.9 Å². The summed E-state index contributed by atoms with van der Waals surface area (Å²) < 4.78 is 18.2. The van der Waals surface area contributed by atoms with Crippen molar-refractivity contribution in [2.75, 3.05) is 14.2 Å². The smallest absolute Gasteiger partial charge is 0.339 e. The van der Waals surface area contributed by atoms with E-state index in [1.54, 1.807) is 51.7 Å². The van der Waals surface area contributed by atoms with Crippen LogP contribution in [-0.2, 0) is 23.0 Å². The first kappa shape index (κ1) is 21.4. The van der Waals surface area contributed by atoms with Gasteiger partial charge in [0.05, 0.1) is 19.8 Å². The molecule has 32 heavy (non-hydrogen) atoms. The van der Waals surface area contributed by atoms with Crippen molar-refractivity contribution in [2.24, 2.45) is 7.05 Å². The zero-order valence-corrected chi connectivity index (χ0v) is 18.4. The molecule has 0 saturated heterocycles. The second-order valence-corrected chi connectivity index (χ2v) is 7.90. The summed E-state index contributed by atoms with van der Waals surface area (Å²) in [6.45, 7) is 1.62. The highest BCUT2D eigenvalue weighted by atomic mass is 16.6. The number of esters is 1. The van der Waals surface area contributed by atoms with Crippen LogP contribution in [0.5, 0.6) is 11.5 Å². The molecular weight excluding hydrogens is 410 g/mol. The first-order valence-electron chi connectivity index (χ1n) is 10.2. The molecule has 3 aromatic rings. The van der Waals surface area contributed by atoms with Gasteiger partial charge in [0.1, 0.15) is 23.4 Å². The van der Waals surface area contributed by atoms with Crippen LogP contribution >= 0.6 is 0 Å². The van der Waals surface area contributed by atoms with Gasteiger partial charge < -0.3 is 24.1 Å². The average molecular weight is 435 g/mol. The molecule has 8 heteroatoms. The lowest BCUT2D eigenvalue weighted by molar-refractivity contribution is -0.140.